The van der Waals surface area contributed by atoms with Gasteiger partial charge in [0.25, 0.3) is 0 Å². The second-order valence-electron chi connectivity index (χ2n) is 6.46. The van der Waals surface area contributed by atoms with Crippen LogP contribution in [-0.4, -0.2) is 23.1 Å². The van der Waals surface area contributed by atoms with Gasteiger partial charge in [0.15, 0.2) is 5.17 Å². The monoisotopic (exact) mass is 445 g/mol. The number of hydrogen-bond acceptors (Lipinski definition) is 6. The zero-order chi connectivity index (χ0) is 20.7. The van der Waals surface area contributed by atoms with Crippen LogP contribution >= 0.6 is 35.0 Å². The zero-order valence-corrected chi connectivity index (χ0v) is 17.8. The second-order valence-corrected chi connectivity index (χ2v) is 8.28. The third-order valence-corrected chi connectivity index (χ3v) is 6.37. The fourth-order valence-corrected chi connectivity index (χ4v) is 5.26. The lowest BCUT2D eigenvalue weighted by molar-refractivity contribution is -0.300. The van der Waals surface area contributed by atoms with E-state index in [1.54, 1.807) is 38.3 Å². The fraction of sp³-hybridized carbons (Fsp3) is 0.143. The molecule has 29 heavy (non-hydrogen) atoms. The highest BCUT2D eigenvalue weighted by Crippen LogP contribution is 2.48. The van der Waals surface area contributed by atoms with Crippen LogP contribution in [0.4, 0.5) is 0 Å². The van der Waals surface area contributed by atoms with E-state index in [2.05, 4.69) is 4.99 Å². The second kappa shape index (κ2) is 7.78. The van der Waals surface area contributed by atoms with Crippen molar-refractivity contribution in [3.63, 3.8) is 0 Å². The largest absolute Gasteiger partial charge is 0.545 e. The van der Waals surface area contributed by atoms with E-state index in [1.807, 2.05) is 29.3 Å². The Morgan fingerprint density at radius 3 is 2.55 bits per heavy atom. The molecule has 8 heteroatoms. The van der Waals surface area contributed by atoms with E-state index in [0.29, 0.717) is 32.2 Å². The number of aliphatic imine (C=N–C) groups is 1. The van der Waals surface area contributed by atoms with Crippen LogP contribution in [0.25, 0.3) is 4.91 Å². The summed E-state index contributed by atoms with van der Waals surface area (Å²) in [6, 6.07) is 12.0. The molecule has 0 amide bonds. The van der Waals surface area contributed by atoms with Crippen molar-refractivity contribution in [2.45, 2.75) is 13.0 Å². The van der Waals surface area contributed by atoms with Crippen molar-refractivity contribution < 1.29 is 14.6 Å². The number of nitrogens with zero attached hydrogens (tertiary/aromatic N) is 2. The van der Waals surface area contributed by atoms with Gasteiger partial charge in [0, 0.05) is 27.9 Å². The summed E-state index contributed by atoms with van der Waals surface area (Å²) < 4.78 is 5.32. The SMILES string of the molecule is COc1cccc(C2C(C(=O)[O-])=C(C)N=C3SC(c4c(Cl)cccc4Cl)=CN32)c1. The number of ether oxygens (including phenoxy) is 1. The third kappa shape index (κ3) is 3.52. The number of carbonyl (C=O) groups is 1. The van der Waals surface area contributed by atoms with E-state index in [1.165, 1.54) is 11.8 Å². The molecule has 2 aromatic rings. The Bertz CT molecular complexity index is 1090. The number of carboxylic acid groups (broad SMARTS) is 1. The molecule has 0 saturated carbocycles. The number of benzene rings is 2. The molecule has 0 aromatic heterocycles. The summed E-state index contributed by atoms with van der Waals surface area (Å²) in [5.74, 6) is -0.632. The summed E-state index contributed by atoms with van der Waals surface area (Å²) in [4.78, 5) is 19.1. The molecule has 0 spiro atoms. The van der Waals surface area contributed by atoms with Gasteiger partial charge in [-0.15, -0.1) is 0 Å². The summed E-state index contributed by atoms with van der Waals surface area (Å²) >= 11 is 14.2. The van der Waals surface area contributed by atoms with Crippen molar-refractivity contribution in [3.05, 3.63) is 81.1 Å². The van der Waals surface area contributed by atoms with E-state index in [9.17, 15) is 9.90 Å². The van der Waals surface area contributed by atoms with Gasteiger partial charge in [-0.05, 0) is 48.5 Å². The topological polar surface area (TPSA) is 65.0 Å². The molecule has 2 heterocycles. The van der Waals surface area contributed by atoms with Gasteiger partial charge in [-0.3, -0.25) is 0 Å². The molecule has 0 saturated heterocycles. The normalized spacial score (nSPS) is 18.3. The van der Waals surface area contributed by atoms with Crippen LogP contribution in [0.15, 0.2) is 64.9 Å². The van der Waals surface area contributed by atoms with Crippen LogP contribution in [0, 0.1) is 0 Å². The fourth-order valence-electron chi connectivity index (χ4n) is 3.41. The molecule has 0 bridgehead atoms. The predicted octanol–water partition coefficient (Wildman–Crippen LogP) is 4.48. The van der Waals surface area contributed by atoms with E-state index < -0.39 is 12.0 Å². The number of aliphatic carboxylic acids is 1. The Labute approximate surface area is 182 Å². The summed E-state index contributed by atoms with van der Waals surface area (Å²) in [5.41, 5.74) is 1.94. The predicted molar refractivity (Wildman–Crippen MR) is 115 cm³/mol. The highest BCUT2D eigenvalue weighted by atomic mass is 35.5. The number of carboxylic acids is 1. The summed E-state index contributed by atoms with van der Waals surface area (Å²) in [6.45, 7) is 1.67. The Balaban J connectivity index is 1.86. The lowest BCUT2D eigenvalue weighted by atomic mass is 9.94. The Kier molecular flexibility index (Phi) is 5.34. The first-order chi connectivity index (χ1) is 13.9. The molecule has 0 N–H and O–H groups in total. The van der Waals surface area contributed by atoms with Gasteiger partial charge in [0.1, 0.15) is 5.75 Å². The first kappa shape index (κ1) is 19.9. The van der Waals surface area contributed by atoms with Crippen LogP contribution in [0.5, 0.6) is 5.75 Å². The number of fused-ring (bicyclic) bond motifs is 1. The number of amidine groups is 1. The van der Waals surface area contributed by atoms with Gasteiger partial charge in [-0.25, -0.2) is 4.99 Å². The van der Waals surface area contributed by atoms with Crippen molar-refractivity contribution >= 4 is 51.0 Å². The van der Waals surface area contributed by atoms with E-state index in [4.69, 9.17) is 27.9 Å². The molecule has 1 unspecified atom stereocenters. The summed E-state index contributed by atoms with van der Waals surface area (Å²) in [6.07, 6.45) is 1.83. The van der Waals surface area contributed by atoms with E-state index in [-0.39, 0.29) is 5.57 Å². The molecule has 0 fully saturated rings. The molecule has 2 aliphatic heterocycles. The van der Waals surface area contributed by atoms with E-state index in [0.717, 1.165) is 10.5 Å². The molecule has 5 nitrogen and oxygen atoms in total. The van der Waals surface area contributed by atoms with Crippen molar-refractivity contribution in [3.8, 4) is 5.75 Å². The standard InChI is InChI=1S/C21H16Cl2N2O3S/c1-11-17(20(26)27)19(12-5-3-6-13(9-12)28-2)25-10-16(29-21(25)24-11)18-14(22)7-4-8-15(18)23/h3-10,19H,1-2H3,(H,26,27)/p-1. The maximum Gasteiger partial charge on any atom is 0.173 e. The molecule has 0 aliphatic carbocycles. The third-order valence-electron chi connectivity index (χ3n) is 4.72. The molecule has 1 atom stereocenters. The van der Waals surface area contributed by atoms with Crippen molar-refractivity contribution in [1.29, 1.82) is 0 Å². The minimum absolute atomic E-state index is 0.102. The van der Waals surface area contributed by atoms with Crippen molar-refractivity contribution in [2.24, 2.45) is 4.99 Å². The highest BCUT2D eigenvalue weighted by molar-refractivity contribution is 8.22. The Morgan fingerprint density at radius 1 is 1.21 bits per heavy atom. The molecular formula is C21H15Cl2N2O3S-. The maximum absolute atomic E-state index is 12.0. The molecule has 0 radical (unpaired) electrons. The van der Waals surface area contributed by atoms with Crippen LogP contribution in [-0.2, 0) is 4.79 Å². The van der Waals surface area contributed by atoms with Gasteiger partial charge in [0.2, 0.25) is 0 Å². The van der Waals surface area contributed by atoms with Crippen molar-refractivity contribution in [2.75, 3.05) is 7.11 Å². The van der Waals surface area contributed by atoms with Crippen molar-refractivity contribution in [1.82, 2.24) is 4.90 Å². The number of rotatable bonds is 4. The van der Waals surface area contributed by atoms with Crippen LogP contribution in [0.2, 0.25) is 10.0 Å². The number of thioether (sulfide) groups is 1. The zero-order valence-electron chi connectivity index (χ0n) is 15.5. The maximum atomic E-state index is 12.0. The van der Waals surface area contributed by atoms with Crippen LogP contribution in [0.1, 0.15) is 24.1 Å². The summed E-state index contributed by atoms with van der Waals surface area (Å²) in [5, 5.41) is 13.7. The van der Waals surface area contributed by atoms with Crippen LogP contribution in [0.3, 0.4) is 0 Å². The number of halogens is 2. The quantitative estimate of drug-likeness (QED) is 0.693. The Hall–Kier alpha value is -2.41. The Morgan fingerprint density at radius 2 is 1.90 bits per heavy atom. The van der Waals surface area contributed by atoms with E-state index >= 15 is 0 Å². The van der Waals surface area contributed by atoms with Crippen LogP contribution < -0.4 is 9.84 Å². The molecule has 2 aromatic carbocycles. The number of methoxy groups -OCH3 is 1. The first-order valence-electron chi connectivity index (χ1n) is 8.68. The average Bonchev–Trinajstić information content (AvgIpc) is 3.09. The lowest BCUT2D eigenvalue weighted by Gasteiger charge is -2.34. The number of carbonyl (C=O) groups excluding carboxylic acids is 1. The van der Waals surface area contributed by atoms with Gasteiger partial charge in [-0.1, -0.05) is 41.4 Å². The molecule has 4 rings (SSSR count). The van der Waals surface area contributed by atoms with Gasteiger partial charge in [-0.2, -0.15) is 0 Å². The van der Waals surface area contributed by atoms with Gasteiger partial charge >= 0.3 is 0 Å². The summed E-state index contributed by atoms with van der Waals surface area (Å²) in [7, 11) is 1.57. The highest BCUT2D eigenvalue weighted by Gasteiger charge is 2.37. The minimum atomic E-state index is -1.26. The lowest BCUT2D eigenvalue weighted by Crippen LogP contribution is -2.38. The smallest absolute Gasteiger partial charge is 0.173 e. The molecule has 148 valence electrons. The first-order valence-corrected chi connectivity index (χ1v) is 10.2. The van der Waals surface area contributed by atoms with Gasteiger partial charge < -0.3 is 19.5 Å². The number of allylic oxidation sites excluding steroid dienone is 1. The molecular weight excluding hydrogens is 431 g/mol. The number of hydrogen-bond donors (Lipinski definition) is 0. The van der Waals surface area contributed by atoms with Gasteiger partial charge in [0.05, 0.1) is 29.2 Å². The average molecular weight is 446 g/mol. The minimum Gasteiger partial charge on any atom is -0.545 e. The molecule has 2 aliphatic rings.